The van der Waals surface area contributed by atoms with E-state index in [-0.39, 0.29) is 5.89 Å². The van der Waals surface area contributed by atoms with Crippen molar-refractivity contribution >= 4 is 28.5 Å². The molecule has 8 nitrogen and oxygen atoms in total. The fourth-order valence-corrected chi connectivity index (χ4v) is 2.18. The molecule has 3 aromatic heterocycles. The molecule has 3 rings (SSSR count). The summed E-state index contributed by atoms with van der Waals surface area (Å²) in [6, 6.07) is 3.64. The molecule has 1 N–H and O–H groups in total. The number of pyridine rings is 1. The number of carbonyl (C=O) groups is 1. The van der Waals surface area contributed by atoms with E-state index in [1.54, 1.807) is 23.3 Å². The van der Waals surface area contributed by atoms with E-state index >= 15 is 0 Å². The Hall–Kier alpha value is -2.30. The first-order valence-corrected chi connectivity index (χ1v) is 7.46. The fourth-order valence-electron chi connectivity index (χ4n) is 1.74. The van der Waals surface area contributed by atoms with Gasteiger partial charge in [0.15, 0.2) is 5.82 Å². The third-order valence-corrected chi connectivity index (χ3v) is 3.33. The molecule has 3 heterocycles. The van der Waals surface area contributed by atoms with Crippen molar-refractivity contribution in [2.24, 2.45) is 0 Å². The summed E-state index contributed by atoms with van der Waals surface area (Å²) in [4.78, 5) is 19.9. The number of rotatable bonds is 5. The van der Waals surface area contributed by atoms with Gasteiger partial charge in [-0.2, -0.15) is 10.1 Å². The quantitative estimate of drug-likeness (QED) is 0.636. The third-order valence-electron chi connectivity index (χ3n) is 2.77. The number of halogens is 1. The van der Waals surface area contributed by atoms with Crippen molar-refractivity contribution in [2.45, 2.75) is 13.1 Å². The van der Waals surface area contributed by atoms with Gasteiger partial charge in [-0.3, -0.25) is 14.5 Å². The Labute approximate surface area is 139 Å². The molecule has 0 aliphatic carbocycles. The molecule has 9 heteroatoms. The number of hydrogen-bond donors (Lipinski definition) is 1. The number of carbonyl (C=O) groups excluding carboxylic acids is 1. The Bertz CT molecular complexity index is 770. The second-order valence-corrected chi connectivity index (χ2v) is 5.66. The van der Waals surface area contributed by atoms with E-state index in [2.05, 4.69) is 48.1 Å². The van der Waals surface area contributed by atoms with Gasteiger partial charge in [0, 0.05) is 25.1 Å². The van der Waals surface area contributed by atoms with Crippen molar-refractivity contribution in [1.82, 2.24) is 30.2 Å². The predicted octanol–water partition coefficient (Wildman–Crippen LogP) is 1.24. The number of nitrogens with zero attached hydrogens (tertiary/aromatic N) is 5. The van der Waals surface area contributed by atoms with Crippen LogP contribution in [0.1, 0.15) is 22.1 Å². The summed E-state index contributed by atoms with van der Waals surface area (Å²) >= 11 is 2.16. The van der Waals surface area contributed by atoms with E-state index in [1.807, 2.05) is 18.3 Å². The highest BCUT2D eigenvalue weighted by Crippen LogP contribution is 2.04. The number of hydrogen-bond acceptors (Lipinski definition) is 6. The first-order valence-electron chi connectivity index (χ1n) is 6.38. The lowest BCUT2D eigenvalue weighted by atomic mass is 10.3. The molecule has 22 heavy (non-hydrogen) atoms. The average molecular weight is 410 g/mol. The summed E-state index contributed by atoms with van der Waals surface area (Å²) < 4.78 is 7.65. The summed E-state index contributed by atoms with van der Waals surface area (Å²) in [6.45, 7) is 0.723. The largest absolute Gasteiger partial charge is 0.344 e. The van der Waals surface area contributed by atoms with Gasteiger partial charge in [-0.15, -0.1) is 0 Å². The van der Waals surface area contributed by atoms with Gasteiger partial charge in [0.05, 0.1) is 9.77 Å². The first kappa shape index (κ1) is 14.6. The summed E-state index contributed by atoms with van der Waals surface area (Å²) in [5.41, 5.74) is 0.939. The molecule has 0 saturated carbocycles. The summed E-state index contributed by atoms with van der Waals surface area (Å²) in [6.07, 6.45) is 6.90. The molecule has 0 spiro atoms. The Morgan fingerprint density at radius 2 is 2.18 bits per heavy atom. The molecule has 0 aromatic carbocycles. The third kappa shape index (κ3) is 3.67. The molecule has 0 saturated heterocycles. The van der Waals surface area contributed by atoms with Crippen molar-refractivity contribution in [2.75, 3.05) is 0 Å². The monoisotopic (exact) mass is 410 g/mol. The maximum absolute atomic E-state index is 11.9. The lowest BCUT2D eigenvalue weighted by molar-refractivity contribution is 0.0907. The first-order chi connectivity index (χ1) is 10.7. The van der Waals surface area contributed by atoms with Crippen molar-refractivity contribution in [1.29, 1.82) is 0 Å². The Morgan fingerprint density at radius 3 is 2.91 bits per heavy atom. The van der Waals surface area contributed by atoms with Crippen LogP contribution in [0.5, 0.6) is 0 Å². The zero-order chi connectivity index (χ0) is 15.4. The van der Waals surface area contributed by atoms with Crippen LogP contribution in [-0.4, -0.2) is 30.8 Å². The van der Waals surface area contributed by atoms with Crippen LogP contribution in [-0.2, 0) is 13.1 Å². The van der Waals surface area contributed by atoms with E-state index in [4.69, 9.17) is 4.52 Å². The lowest BCUT2D eigenvalue weighted by Crippen LogP contribution is -2.23. The lowest BCUT2D eigenvalue weighted by Gasteiger charge is -2.01. The van der Waals surface area contributed by atoms with Crippen LogP contribution in [0.15, 0.2) is 41.4 Å². The molecule has 112 valence electrons. The zero-order valence-corrected chi connectivity index (χ0v) is 13.5. The topological polar surface area (TPSA) is 98.7 Å². The van der Waals surface area contributed by atoms with Crippen molar-refractivity contribution in [3.63, 3.8) is 0 Å². The van der Waals surface area contributed by atoms with Gasteiger partial charge in [0.25, 0.3) is 0 Å². The van der Waals surface area contributed by atoms with Crippen molar-refractivity contribution in [3.05, 3.63) is 57.8 Å². The van der Waals surface area contributed by atoms with Crippen LogP contribution in [0.4, 0.5) is 0 Å². The standard InChI is InChI=1S/C13H11IN6O2/c14-10-6-17-20(7-10)8-11-18-13(22-19-11)12(21)16-5-9-1-3-15-4-2-9/h1-4,6-7H,5,8H2,(H,16,21). The van der Waals surface area contributed by atoms with Crippen LogP contribution in [0.3, 0.4) is 0 Å². The zero-order valence-electron chi connectivity index (χ0n) is 11.3. The molecular weight excluding hydrogens is 399 g/mol. The van der Waals surface area contributed by atoms with Crippen molar-refractivity contribution < 1.29 is 9.32 Å². The minimum atomic E-state index is -0.411. The van der Waals surface area contributed by atoms with Crippen LogP contribution in [0, 0.1) is 3.57 Å². The van der Waals surface area contributed by atoms with Gasteiger partial charge >= 0.3 is 11.8 Å². The van der Waals surface area contributed by atoms with Gasteiger partial charge in [0.2, 0.25) is 0 Å². The summed E-state index contributed by atoms with van der Waals surface area (Å²) in [5, 5.41) is 10.6. The fraction of sp³-hybridized carbons (Fsp3) is 0.154. The highest BCUT2D eigenvalue weighted by molar-refractivity contribution is 14.1. The molecule has 0 aliphatic heterocycles. The van der Waals surface area contributed by atoms with Gasteiger partial charge in [-0.1, -0.05) is 5.16 Å². The van der Waals surface area contributed by atoms with E-state index in [0.717, 1.165) is 9.13 Å². The van der Waals surface area contributed by atoms with Gasteiger partial charge in [0.1, 0.15) is 6.54 Å². The number of amides is 1. The Balaban J connectivity index is 1.59. The van der Waals surface area contributed by atoms with Crippen LogP contribution in [0.2, 0.25) is 0 Å². The molecule has 0 fully saturated rings. The molecule has 0 atom stereocenters. The number of nitrogens with one attached hydrogen (secondary N) is 1. The molecule has 0 aliphatic rings. The maximum atomic E-state index is 11.9. The minimum Gasteiger partial charge on any atom is -0.344 e. The second kappa shape index (κ2) is 6.64. The van der Waals surface area contributed by atoms with E-state index in [9.17, 15) is 4.79 Å². The molecular formula is C13H11IN6O2. The Kier molecular flexibility index (Phi) is 4.42. The normalized spacial score (nSPS) is 10.6. The van der Waals surface area contributed by atoms with Crippen LogP contribution in [0.25, 0.3) is 0 Å². The summed E-state index contributed by atoms with van der Waals surface area (Å²) in [5.74, 6) is -0.0786. The summed E-state index contributed by atoms with van der Waals surface area (Å²) in [7, 11) is 0. The highest BCUT2D eigenvalue weighted by atomic mass is 127. The van der Waals surface area contributed by atoms with E-state index in [0.29, 0.717) is 18.9 Å². The molecule has 3 aromatic rings. The predicted molar refractivity (Wildman–Crippen MR) is 83.8 cm³/mol. The number of aromatic nitrogens is 5. The van der Waals surface area contributed by atoms with Crippen LogP contribution >= 0.6 is 22.6 Å². The van der Waals surface area contributed by atoms with Crippen LogP contribution < -0.4 is 5.32 Å². The SMILES string of the molecule is O=C(NCc1ccncc1)c1nc(Cn2cc(I)cn2)no1. The minimum absolute atomic E-state index is 0.0640. The van der Waals surface area contributed by atoms with Gasteiger partial charge < -0.3 is 9.84 Å². The molecule has 0 unspecified atom stereocenters. The Morgan fingerprint density at radius 1 is 1.36 bits per heavy atom. The van der Waals surface area contributed by atoms with Gasteiger partial charge in [-0.05, 0) is 40.3 Å². The smallest absolute Gasteiger partial charge is 0.316 e. The van der Waals surface area contributed by atoms with Gasteiger partial charge in [-0.25, -0.2) is 0 Å². The van der Waals surface area contributed by atoms with Crippen molar-refractivity contribution in [3.8, 4) is 0 Å². The second-order valence-electron chi connectivity index (χ2n) is 4.41. The van der Waals surface area contributed by atoms with E-state index < -0.39 is 5.91 Å². The van der Waals surface area contributed by atoms with E-state index in [1.165, 1.54) is 0 Å². The average Bonchev–Trinajstić information content (AvgIpc) is 3.16. The molecule has 1 amide bonds. The molecule has 0 radical (unpaired) electrons. The molecule has 0 bridgehead atoms. The maximum Gasteiger partial charge on any atom is 0.316 e. The highest BCUT2D eigenvalue weighted by Gasteiger charge is 2.15.